The SMILES string of the molecule is Cc1ccc2cccc(Oc3cccc(C#N)c3C#N)c2n1. The number of hydrogen-bond acceptors (Lipinski definition) is 4. The van der Waals surface area contributed by atoms with Gasteiger partial charge in [0.25, 0.3) is 0 Å². The van der Waals surface area contributed by atoms with Gasteiger partial charge in [-0.15, -0.1) is 0 Å². The van der Waals surface area contributed by atoms with Crippen molar-refractivity contribution in [2.45, 2.75) is 6.92 Å². The first kappa shape index (κ1) is 13.6. The summed E-state index contributed by atoms with van der Waals surface area (Å²) >= 11 is 0. The molecule has 0 saturated heterocycles. The molecule has 3 rings (SSSR count). The molecule has 0 atom stereocenters. The van der Waals surface area contributed by atoms with E-state index in [1.54, 1.807) is 24.3 Å². The number of pyridine rings is 1. The zero-order valence-corrected chi connectivity index (χ0v) is 11.9. The number of aryl methyl sites for hydroxylation is 1. The summed E-state index contributed by atoms with van der Waals surface area (Å²) in [7, 11) is 0. The molecule has 0 bridgehead atoms. The normalized spacial score (nSPS) is 9.95. The predicted octanol–water partition coefficient (Wildman–Crippen LogP) is 4.08. The van der Waals surface area contributed by atoms with E-state index in [1.165, 1.54) is 0 Å². The lowest BCUT2D eigenvalue weighted by molar-refractivity contribution is 0.485. The van der Waals surface area contributed by atoms with Crippen molar-refractivity contribution in [1.82, 2.24) is 4.98 Å². The van der Waals surface area contributed by atoms with Crippen LogP contribution in [-0.2, 0) is 0 Å². The van der Waals surface area contributed by atoms with E-state index in [2.05, 4.69) is 4.98 Å². The van der Waals surface area contributed by atoms with Crippen LogP contribution in [0.4, 0.5) is 0 Å². The molecule has 2 aromatic carbocycles. The van der Waals surface area contributed by atoms with Gasteiger partial charge in [0, 0.05) is 11.1 Å². The van der Waals surface area contributed by atoms with Gasteiger partial charge < -0.3 is 4.74 Å². The Morgan fingerprint density at radius 1 is 0.909 bits per heavy atom. The van der Waals surface area contributed by atoms with Crippen LogP contribution in [0, 0.1) is 29.6 Å². The average Bonchev–Trinajstić information content (AvgIpc) is 2.55. The summed E-state index contributed by atoms with van der Waals surface area (Å²) in [4.78, 5) is 4.50. The number of nitriles is 2. The fraction of sp³-hybridized carbons (Fsp3) is 0.0556. The summed E-state index contributed by atoms with van der Waals surface area (Å²) < 4.78 is 5.88. The maximum absolute atomic E-state index is 9.27. The van der Waals surface area contributed by atoms with Crippen LogP contribution < -0.4 is 4.74 Å². The van der Waals surface area contributed by atoms with Gasteiger partial charge in [-0.05, 0) is 31.2 Å². The van der Waals surface area contributed by atoms with E-state index in [0.717, 1.165) is 16.6 Å². The number of rotatable bonds is 2. The van der Waals surface area contributed by atoms with E-state index >= 15 is 0 Å². The lowest BCUT2D eigenvalue weighted by Crippen LogP contribution is -1.93. The molecule has 4 nitrogen and oxygen atoms in total. The molecule has 1 heterocycles. The molecule has 0 saturated carbocycles. The zero-order chi connectivity index (χ0) is 15.5. The molecule has 22 heavy (non-hydrogen) atoms. The molecule has 0 fully saturated rings. The summed E-state index contributed by atoms with van der Waals surface area (Å²) in [5.41, 5.74) is 2.14. The molecule has 0 amide bonds. The molecule has 0 unspecified atom stereocenters. The van der Waals surface area contributed by atoms with Gasteiger partial charge in [-0.2, -0.15) is 10.5 Å². The third kappa shape index (κ3) is 2.34. The summed E-state index contributed by atoms with van der Waals surface area (Å²) in [6.07, 6.45) is 0. The van der Waals surface area contributed by atoms with Crippen molar-refractivity contribution in [2.24, 2.45) is 0 Å². The fourth-order valence-corrected chi connectivity index (χ4v) is 2.24. The summed E-state index contributed by atoms with van der Waals surface area (Å²) in [6.45, 7) is 1.91. The van der Waals surface area contributed by atoms with Crippen LogP contribution in [0.25, 0.3) is 10.9 Å². The first-order valence-corrected chi connectivity index (χ1v) is 6.70. The maximum Gasteiger partial charge on any atom is 0.153 e. The van der Waals surface area contributed by atoms with E-state index in [1.807, 2.05) is 43.3 Å². The first-order chi connectivity index (χ1) is 10.7. The second kappa shape index (κ2) is 5.55. The minimum atomic E-state index is 0.231. The number of aromatic nitrogens is 1. The van der Waals surface area contributed by atoms with Crippen molar-refractivity contribution < 1.29 is 4.74 Å². The second-order valence-corrected chi connectivity index (χ2v) is 4.78. The molecule has 104 valence electrons. The molecule has 0 aliphatic rings. The van der Waals surface area contributed by atoms with Gasteiger partial charge in [-0.1, -0.05) is 24.3 Å². The van der Waals surface area contributed by atoms with Crippen molar-refractivity contribution in [1.29, 1.82) is 10.5 Å². The number of benzene rings is 2. The van der Waals surface area contributed by atoms with Gasteiger partial charge in [0.15, 0.2) is 5.75 Å². The average molecular weight is 285 g/mol. The molecule has 0 N–H and O–H groups in total. The highest BCUT2D eigenvalue weighted by molar-refractivity contribution is 5.85. The molecular weight excluding hydrogens is 274 g/mol. The second-order valence-electron chi connectivity index (χ2n) is 4.78. The van der Waals surface area contributed by atoms with Crippen molar-refractivity contribution in [2.75, 3.05) is 0 Å². The third-order valence-electron chi connectivity index (χ3n) is 3.30. The Bertz CT molecular complexity index is 949. The quantitative estimate of drug-likeness (QED) is 0.711. The van der Waals surface area contributed by atoms with Crippen molar-refractivity contribution in [3.63, 3.8) is 0 Å². The van der Waals surface area contributed by atoms with E-state index in [9.17, 15) is 5.26 Å². The van der Waals surface area contributed by atoms with Crippen LogP contribution in [0.5, 0.6) is 11.5 Å². The van der Waals surface area contributed by atoms with Crippen molar-refractivity contribution in [3.05, 3.63) is 65.4 Å². The highest BCUT2D eigenvalue weighted by atomic mass is 16.5. The minimum Gasteiger partial charge on any atom is -0.454 e. The van der Waals surface area contributed by atoms with Gasteiger partial charge in [-0.3, -0.25) is 0 Å². The largest absolute Gasteiger partial charge is 0.454 e. The van der Waals surface area contributed by atoms with Gasteiger partial charge in [-0.25, -0.2) is 4.98 Å². The van der Waals surface area contributed by atoms with Crippen LogP contribution in [0.15, 0.2) is 48.5 Å². The molecule has 4 heteroatoms. The van der Waals surface area contributed by atoms with Gasteiger partial charge in [0.05, 0.1) is 5.56 Å². The molecule has 1 aromatic heterocycles. The minimum absolute atomic E-state index is 0.231. The summed E-state index contributed by atoms with van der Waals surface area (Å²) in [5, 5.41) is 19.3. The van der Waals surface area contributed by atoms with E-state index in [-0.39, 0.29) is 5.56 Å². The van der Waals surface area contributed by atoms with Crippen LogP contribution in [0.2, 0.25) is 0 Å². The fourth-order valence-electron chi connectivity index (χ4n) is 2.24. The Morgan fingerprint density at radius 2 is 1.68 bits per heavy atom. The van der Waals surface area contributed by atoms with Gasteiger partial charge in [0.2, 0.25) is 0 Å². The Morgan fingerprint density at radius 3 is 2.45 bits per heavy atom. The highest BCUT2D eigenvalue weighted by Crippen LogP contribution is 2.31. The van der Waals surface area contributed by atoms with Crippen LogP contribution in [-0.4, -0.2) is 4.98 Å². The number of para-hydroxylation sites is 1. The smallest absolute Gasteiger partial charge is 0.153 e. The lowest BCUT2D eigenvalue weighted by atomic mass is 10.1. The molecular formula is C18H11N3O. The highest BCUT2D eigenvalue weighted by Gasteiger charge is 2.12. The first-order valence-electron chi connectivity index (χ1n) is 6.70. The van der Waals surface area contributed by atoms with Crippen LogP contribution in [0.3, 0.4) is 0 Å². The molecule has 0 radical (unpaired) electrons. The standard InChI is InChI=1S/C18H11N3O/c1-12-8-9-13-4-2-7-17(18(13)21-12)22-16-6-3-5-14(10-19)15(16)11-20/h2-9H,1H3. The maximum atomic E-state index is 9.27. The molecule has 0 aliphatic heterocycles. The molecule has 3 aromatic rings. The number of ether oxygens (including phenoxy) is 1. The van der Waals surface area contributed by atoms with Crippen LogP contribution in [0.1, 0.15) is 16.8 Å². The van der Waals surface area contributed by atoms with E-state index in [4.69, 9.17) is 10.00 Å². The predicted molar refractivity (Wildman–Crippen MR) is 82.4 cm³/mol. The lowest BCUT2D eigenvalue weighted by Gasteiger charge is -2.10. The Labute approximate surface area is 127 Å². The van der Waals surface area contributed by atoms with Crippen molar-refractivity contribution in [3.8, 4) is 23.6 Å². The number of fused-ring (bicyclic) bond motifs is 1. The Kier molecular flexibility index (Phi) is 3.43. The number of hydrogen-bond donors (Lipinski definition) is 0. The van der Waals surface area contributed by atoms with Gasteiger partial charge >= 0.3 is 0 Å². The summed E-state index contributed by atoms with van der Waals surface area (Å²) in [5.74, 6) is 0.921. The monoisotopic (exact) mass is 285 g/mol. The van der Waals surface area contributed by atoms with Crippen molar-refractivity contribution >= 4 is 10.9 Å². The van der Waals surface area contributed by atoms with Crippen LogP contribution >= 0.6 is 0 Å². The Balaban J connectivity index is 2.14. The Hall–Kier alpha value is -3.37. The van der Waals surface area contributed by atoms with E-state index in [0.29, 0.717) is 17.1 Å². The number of nitrogens with zero attached hydrogens (tertiary/aromatic N) is 3. The third-order valence-corrected chi connectivity index (χ3v) is 3.30. The van der Waals surface area contributed by atoms with Gasteiger partial charge in [0.1, 0.15) is 29.0 Å². The zero-order valence-electron chi connectivity index (χ0n) is 11.9. The topological polar surface area (TPSA) is 69.7 Å². The summed E-state index contributed by atoms with van der Waals surface area (Å²) in [6, 6.07) is 18.5. The van der Waals surface area contributed by atoms with E-state index < -0.39 is 0 Å². The molecule has 0 spiro atoms. The molecule has 0 aliphatic carbocycles.